The van der Waals surface area contributed by atoms with Crippen LogP contribution in [0.15, 0.2) is 30.3 Å². The monoisotopic (exact) mass is 479 g/mol. The number of anilines is 2. The molecule has 2 aliphatic heterocycles. The average Bonchev–Trinajstić information content (AvgIpc) is 3.09. The Morgan fingerprint density at radius 2 is 1.88 bits per heavy atom. The van der Waals surface area contributed by atoms with Crippen molar-refractivity contribution in [1.82, 2.24) is 25.2 Å². The molecule has 0 aliphatic carbocycles. The number of benzene rings is 1. The van der Waals surface area contributed by atoms with Gasteiger partial charge in [0.15, 0.2) is 0 Å². The highest BCUT2D eigenvalue weighted by molar-refractivity contribution is 7.20. The first kappa shape index (κ1) is 21.0. The minimum atomic E-state index is 0.257. The number of aromatic nitrogens is 3. The maximum atomic E-state index is 6.34. The van der Waals surface area contributed by atoms with Crippen LogP contribution in [0.1, 0.15) is 11.8 Å². The van der Waals surface area contributed by atoms with Gasteiger partial charge in [-0.05, 0) is 49.8 Å². The average molecular weight is 480 g/mol. The number of halogens is 1. The summed E-state index contributed by atoms with van der Waals surface area (Å²) in [7, 11) is 2.14. The second kappa shape index (κ2) is 8.36. The minimum Gasteiger partial charge on any atom is -0.382 e. The van der Waals surface area contributed by atoms with E-state index in [2.05, 4.69) is 68.6 Å². The standard InChI is InChI=1S/C24H26ClN7S/c1-14-12-27-23-20(13-26-14)33-19-6-5-16-15(22(19)23)3-4-17(28-16)18-11-21(30-24(25)29-18)32-9-7-31(2)8-10-32/h3-6,11,14,26-27H,7-10,12-13H2,1-2H3/t14-/m1/s1. The Hall–Kier alpha value is -2.52. The number of pyridine rings is 1. The number of thiophene rings is 1. The molecule has 0 radical (unpaired) electrons. The normalized spacial score (nSPS) is 19.5. The number of hydrogen-bond acceptors (Lipinski definition) is 8. The van der Waals surface area contributed by atoms with E-state index in [9.17, 15) is 0 Å². The van der Waals surface area contributed by atoms with E-state index < -0.39 is 0 Å². The second-order valence-electron chi connectivity index (χ2n) is 8.94. The highest BCUT2D eigenvalue weighted by Gasteiger charge is 2.20. The van der Waals surface area contributed by atoms with E-state index in [4.69, 9.17) is 16.6 Å². The first-order chi connectivity index (χ1) is 16.0. The molecule has 4 aromatic rings. The zero-order valence-electron chi connectivity index (χ0n) is 18.7. The lowest BCUT2D eigenvalue weighted by atomic mass is 10.1. The molecule has 0 spiro atoms. The molecule has 7 nitrogen and oxygen atoms in total. The maximum Gasteiger partial charge on any atom is 0.224 e. The third-order valence-electron chi connectivity index (χ3n) is 6.57. The molecule has 0 saturated carbocycles. The number of nitrogens with one attached hydrogen (secondary N) is 2. The smallest absolute Gasteiger partial charge is 0.224 e. The van der Waals surface area contributed by atoms with Gasteiger partial charge in [-0.2, -0.15) is 0 Å². The van der Waals surface area contributed by atoms with Crippen molar-refractivity contribution in [2.75, 3.05) is 50.0 Å². The molecular weight excluding hydrogens is 454 g/mol. The van der Waals surface area contributed by atoms with Gasteiger partial charge in [0, 0.05) is 71.7 Å². The Bertz CT molecular complexity index is 1350. The van der Waals surface area contributed by atoms with Crippen LogP contribution in [-0.2, 0) is 6.54 Å². The zero-order valence-corrected chi connectivity index (χ0v) is 20.3. The molecule has 6 rings (SSSR count). The Labute approximate surface area is 201 Å². The van der Waals surface area contributed by atoms with E-state index in [1.165, 1.54) is 20.7 Å². The molecule has 1 fully saturated rings. The number of piperazine rings is 1. The maximum absolute atomic E-state index is 6.34. The van der Waals surface area contributed by atoms with Gasteiger partial charge in [0.05, 0.1) is 22.6 Å². The van der Waals surface area contributed by atoms with Gasteiger partial charge in [-0.15, -0.1) is 11.3 Å². The Morgan fingerprint density at radius 3 is 2.73 bits per heavy atom. The Morgan fingerprint density at radius 1 is 1.03 bits per heavy atom. The van der Waals surface area contributed by atoms with Gasteiger partial charge in [-0.25, -0.2) is 15.0 Å². The molecule has 1 aromatic carbocycles. The highest BCUT2D eigenvalue weighted by Crippen LogP contribution is 2.41. The summed E-state index contributed by atoms with van der Waals surface area (Å²) < 4.78 is 1.29. The van der Waals surface area contributed by atoms with Crippen molar-refractivity contribution >= 4 is 55.4 Å². The highest BCUT2D eigenvalue weighted by atomic mass is 35.5. The topological polar surface area (TPSA) is 69.2 Å². The molecule has 3 aromatic heterocycles. The lowest BCUT2D eigenvalue weighted by Gasteiger charge is -2.33. The molecule has 1 atom stereocenters. The number of hydrogen-bond donors (Lipinski definition) is 2. The third kappa shape index (κ3) is 3.91. The van der Waals surface area contributed by atoms with E-state index in [1.54, 1.807) is 0 Å². The van der Waals surface area contributed by atoms with Crippen molar-refractivity contribution in [2.24, 2.45) is 0 Å². The number of likely N-dealkylation sites (N-methyl/N-ethyl adjacent to an activating group) is 1. The molecule has 9 heteroatoms. The van der Waals surface area contributed by atoms with Gasteiger partial charge in [0.25, 0.3) is 0 Å². The fourth-order valence-electron chi connectivity index (χ4n) is 4.63. The predicted octanol–water partition coefficient (Wildman–Crippen LogP) is 4.22. The number of nitrogens with zero attached hydrogens (tertiary/aromatic N) is 5. The molecule has 1 saturated heterocycles. The summed E-state index contributed by atoms with van der Waals surface area (Å²) >= 11 is 8.19. The lowest BCUT2D eigenvalue weighted by molar-refractivity contribution is 0.312. The number of rotatable bonds is 2. The second-order valence-corrected chi connectivity index (χ2v) is 10.4. The van der Waals surface area contributed by atoms with Crippen LogP contribution in [0.3, 0.4) is 0 Å². The molecule has 0 amide bonds. The quantitative estimate of drug-likeness (QED) is 0.417. The summed E-state index contributed by atoms with van der Waals surface area (Å²) in [5.41, 5.74) is 3.77. The van der Waals surface area contributed by atoms with Crippen LogP contribution in [-0.4, -0.2) is 65.7 Å². The van der Waals surface area contributed by atoms with Crippen molar-refractivity contribution in [2.45, 2.75) is 19.5 Å². The Balaban J connectivity index is 1.41. The van der Waals surface area contributed by atoms with Crippen LogP contribution < -0.4 is 15.5 Å². The van der Waals surface area contributed by atoms with Crippen LogP contribution >= 0.6 is 22.9 Å². The van der Waals surface area contributed by atoms with Crippen molar-refractivity contribution < 1.29 is 0 Å². The fourth-order valence-corrected chi connectivity index (χ4v) is 5.96. The molecule has 2 aliphatic rings. The summed E-state index contributed by atoms with van der Waals surface area (Å²) in [4.78, 5) is 19.9. The van der Waals surface area contributed by atoms with Crippen molar-refractivity contribution in [3.8, 4) is 11.4 Å². The van der Waals surface area contributed by atoms with E-state index in [-0.39, 0.29) is 5.28 Å². The van der Waals surface area contributed by atoms with Crippen LogP contribution in [0.4, 0.5) is 11.5 Å². The zero-order chi connectivity index (χ0) is 22.5. The van der Waals surface area contributed by atoms with Gasteiger partial charge in [-0.3, -0.25) is 0 Å². The first-order valence-electron chi connectivity index (χ1n) is 11.4. The SMILES string of the molecule is C[C@@H]1CNc2c(sc3ccc4nc(-c5cc(N6CCN(C)CC6)nc(Cl)n5)ccc4c23)CN1. The molecular formula is C24H26ClN7S. The van der Waals surface area contributed by atoms with Crippen LogP contribution in [0, 0.1) is 0 Å². The van der Waals surface area contributed by atoms with E-state index in [0.29, 0.717) is 6.04 Å². The molecule has 5 heterocycles. The van der Waals surface area contributed by atoms with Gasteiger partial charge < -0.3 is 20.4 Å². The first-order valence-corrected chi connectivity index (χ1v) is 12.6. The Kier molecular flexibility index (Phi) is 5.33. The molecule has 0 bridgehead atoms. The summed E-state index contributed by atoms with van der Waals surface area (Å²) in [6.45, 7) is 7.88. The van der Waals surface area contributed by atoms with Crippen molar-refractivity contribution in [3.05, 3.63) is 40.5 Å². The molecule has 2 N–H and O–H groups in total. The molecule has 33 heavy (non-hydrogen) atoms. The largest absolute Gasteiger partial charge is 0.382 e. The predicted molar refractivity (Wildman–Crippen MR) is 138 cm³/mol. The van der Waals surface area contributed by atoms with E-state index in [1.807, 2.05) is 17.4 Å². The van der Waals surface area contributed by atoms with Crippen LogP contribution in [0.2, 0.25) is 5.28 Å². The summed E-state index contributed by atoms with van der Waals surface area (Å²) in [6.07, 6.45) is 0. The summed E-state index contributed by atoms with van der Waals surface area (Å²) in [6, 6.07) is 11.0. The van der Waals surface area contributed by atoms with Crippen molar-refractivity contribution in [3.63, 3.8) is 0 Å². The lowest BCUT2D eigenvalue weighted by Crippen LogP contribution is -2.44. The van der Waals surface area contributed by atoms with Gasteiger partial charge >= 0.3 is 0 Å². The van der Waals surface area contributed by atoms with Gasteiger partial charge in [0.2, 0.25) is 5.28 Å². The van der Waals surface area contributed by atoms with Crippen LogP contribution in [0.5, 0.6) is 0 Å². The van der Waals surface area contributed by atoms with E-state index >= 15 is 0 Å². The van der Waals surface area contributed by atoms with Crippen molar-refractivity contribution in [1.29, 1.82) is 0 Å². The van der Waals surface area contributed by atoms with Gasteiger partial charge in [-0.1, -0.05) is 0 Å². The van der Waals surface area contributed by atoms with Gasteiger partial charge in [0.1, 0.15) is 5.82 Å². The third-order valence-corrected chi connectivity index (χ3v) is 7.89. The van der Waals surface area contributed by atoms with Crippen LogP contribution in [0.25, 0.3) is 32.4 Å². The minimum absolute atomic E-state index is 0.257. The summed E-state index contributed by atoms with van der Waals surface area (Å²) in [5.74, 6) is 0.865. The summed E-state index contributed by atoms with van der Waals surface area (Å²) in [5, 5.41) is 9.93. The molecule has 0 unspecified atom stereocenters. The van der Waals surface area contributed by atoms with E-state index in [0.717, 1.165) is 67.4 Å². The fraction of sp³-hybridized carbons (Fsp3) is 0.375. The number of fused-ring (bicyclic) bond motifs is 5. The molecule has 170 valence electrons.